The molecule has 47 heavy (non-hydrogen) atoms. The van der Waals surface area contributed by atoms with Gasteiger partial charge in [0.2, 0.25) is 0 Å². The Morgan fingerprint density at radius 3 is 2.66 bits per heavy atom. The molecule has 6 atom stereocenters. The lowest BCUT2D eigenvalue weighted by molar-refractivity contribution is 0.0133. The summed E-state index contributed by atoms with van der Waals surface area (Å²) in [6.45, 7) is 5.68. The predicted molar refractivity (Wildman–Crippen MR) is 186 cm³/mol. The lowest BCUT2D eigenvalue weighted by Gasteiger charge is -2.43. The first-order valence-electron chi connectivity index (χ1n) is 17.0. The van der Waals surface area contributed by atoms with Gasteiger partial charge in [-0.3, -0.25) is 4.79 Å². The number of benzene rings is 2. The Morgan fingerprint density at radius 2 is 1.91 bits per heavy atom. The third kappa shape index (κ3) is 7.98. The number of halogens is 1. The highest BCUT2D eigenvalue weighted by molar-refractivity contribution is 7.93. The number of urea groups is 1. The molecule has 1 unspecified atom stereocenters. The van der Waals surface area contributed by atoms with Gasteiger partial charge in [-0.05, 0) is 118 Å². The summed E-state index contributed by atoms with van der Waals surface area (Å²) in [5.41, 5.74) is 3.50. The number of fused-ring (bicyclic) bond motifs is 3. The molecule has 2 aromatic rings. The van der Waals surface area contributed by atoms with Gasteiger partial charge in [-0.2, -0.15) is 0 Å². The van der Waals surface area contributed by atoms with E-state index in [1.807, 2.05) is 25.1 Å². The summed E-state index contributed by atoms with van der Waals surface area (Å²) in [5, 5.41) is 2.96. The maximum Gasteiger partial charge on any atom is 0.327 e. The van der Waals surface area contributed by atoms with Gasteiger partial charge in [0.1, 0.15) is 15.7 Å². The van der Waals surface area contributed by atoms with E-state index < -0.39 is 27.1 Å². The fourth-order valence-electron chi connectivity index (χ4n) is 6.87. The minimum atomic E-state index is -3.50. The van der Waals surface area contributed by atoms with Crippen LogP contribution in [0.2, 0.25) is 5.02 Å². The van der Waals surface area contributed by atoms with Crippen LogP contribution >= 0.6 is 11.6 Å². The fraction of sp³-hybridized carbons (Fsp3) is 0.556. The minimum Gasteiger partial charge on any atom is -0.491 e. The molecule has 2 aliphatic heterocycles. The van der Waals surface area contributed by atoms with E-state index in [4.69, 9.17) is 21.1 Å². The number of carbonyl (C=O) groups is 2. The van der Waals surface area contributed by atoms with Crippen LogP contribution in [0.3, 0.4) is 0 Å². The maximum atomic E-state index is 14.5. The van der Waals surface area contributed by atoms with Crippen LogP contribution in [-0.2, 0) is 27.6 Å². The highest BCUT2D eigenvalue weighted by Gasteiger charge is 2.38. The zero-order valence-electron chi connectivity index (χ0n) is 27.6. The number of nitrogens with one attached hydrogen (secondary N) is 2. The lowest BCUT2D eigenvalue weighted by atomic mass is 9.70. The number of aryl methyl sites for hydroxylation is 1. The molecule has 2 aliphatic carbocycles. The van der Waals surface area contributed by atoms with E-state index in [9.17, 15) is 13.8 Å². The molecule has 0 aromatic heterocycles. The largest absolute Gasteiger partial charge is 0.491 e. The summed E-state index contributed by atoms with van der Waals surface area (Å²) in [4.78, 5) is 29.1. The molecule has 254 valence electrons. The second kappa shape index (κ2) is 14.6. The van der Waals surface area contributed by atoms with Crippen molar-refractivity contribution < 1.29 is 23.3 Å². The van der Waals surface area contributed by atoms with Crippen LogP contribution in [0.1, 0.15) is 80.3 Å². The summed E-state index contributed by atoms with van der Waals surface area (Å²) in [6.07, 6.45) is 11.4. The van der Waals surface area contributed by atoms with Gasteiger partial charge in [0.15, 0.2) is 0 Å². The normalized spacial score (nSPS) is 30.6. The first-order valence-corrected chi connectivity index (χ1v) is 19.0. The molecule has 2 aromatic carbocycles. The number of allylic oxidation sites excluding steroid dienone is 1. The number of carbonyl (C=O) groups excluding carboxylic acids is 2. The third-order valence-corrected chi connectivity index (χ3v) is 12.9. The van der Waals surface area contributed by atoms with Gasteiger partial charge >= 0.3 is 6.03 Å². The molecule has 11 heteroatoms. The number of hydrogen-bond acceptors (Lipinski definition) is 6. The van der Waals surface area contributed by atoms with Gasteiger partial charge in [-0.25, -0.2) is 13.7 Å². The van der Waals surface area contributed by atoms with E-state index in [0.29, 0.717) is 42.7 Å². The quantitative estimate of drug-likeness (QED) is 0.335. The van der Waals surface area contributed by atoms with Gasteiger partial charge in [0.25, 0.3) is 5.91 Å². The molecule has 4 aliphatic rings. The Hall–Kier alpha value is -3.08. The van der Waals surface area contributed by atoms with Crippen LogP contribution in [0, 0.1) is 17.8 Å². The number of methoxy groups -OCH3 is 1. The molecule has 9 nitrogen and oxygen atoms in total. The fourth-order valence-corrected chi connectivity index (χ4v) is 8.88. The average Bonchev–Trinajstić information content (AvgIpc) is 3.85. The van der Waals surface area contributed by atoms with Crippen LogP contribution in [0.5, 0.6) is 5.75 Å². The molecule has 3 amide bonds. The number of nitrogens with zero attached hydrogens (tertiary/aromatic N) is 2. The first kappa shape index (κ1) is 33.8. The van der Waals surface area contributed by atoms with Gasteiger partial charge in [0.05, 0.1) is 23.6 Å². The summed E-state index contributed by atoms with van der Waals surface area (Å²) >= 11 is 6.45. The minimum absolute atomic E-state index is 0.0562. The standard InChI is InChI=1S/C36H47ClN4O5S/c1-23-7-6-9-33(45-3)31-16-11-28(31)22-41-21-27-10-13-29(37)19-25(27)8-4-5-18-46-34-17-12-26(20-32(34)41)35(42)39-47(44,24(23)2)40-36(43)38-30-14-15-30/h6,9-10,12-13,17,19-20,23-24,28,30-31,33H,4-5,7-8,11,14-16,18,21-22H2,1-3H3,(H2,38,39,40,42,43,44)/b9-6+/t23-,24+,28-,31+,33-,47?/m0/s1. The van der Waals surface area contributed by atoms with Crippen molar-refractivity contribution >= 4 is 39.1 Å². The van der Waals surface area contributed by atoms with Crippen LogP contribution in [0.15, 0.2) is 52.9 Å². The van der Waals surface area contributed by atoms with Crippen molar-refractivity contribution in [1.29, 1.82) is 0 Å². The summed E-state index contributed by atoms with van der Waals surface area (Å²) in [6, 6.07) is 10.9. The maximum absolute atomic E-state index is 14.5. The Morgan fingerprint density at radius 1 is 1.09 bits per heavy atom. The smallest absolute Gasteiger partial charge is 0.327 e. The predicted octanol–water partition coefficient (Wildman–Crippen LogP) is 7.07. The van der Waals surface area contributed by atoms with E-state index in [0.717, 1.165) is 62.2 Å². The van der Waals surface area contributed by atoms with E-state index in [2.05, 4.69) is 43.6 Å². The zero-order chi connectivity index (χ0) is 33.1. The Balaban J connectivity index is 1.46. The van der Waals surface area contributed by atoms with E-state index in [1.54, 1.807) is 20.1 Å². The summed E-state index contributed by atoms with van der Waals surface area (Å²) in [7, 11) is -1.74. The number of ether oxygens (including phenoxy) is 2. The van der Waals surface area contributed by atoms with Crippen molar-refractivity contribution in [2.45, 2.75) is 89.2 Å². The molecule has 2 fully saturated rings. The van der Waals surface area contributed by atoms with Crippen LogP contribution in [0.25, 0.3) is 0 Å². The number of hydrogen-bond donors (Lipinski definition) is 2. The SMILES string of the molecule is CO[C@H]1/C=C/C[C@H](C)[C@@H](C)S(=O)(NC(=O)NC2CC2)=NC(=O)c2ccc3c(c2)N(Cc2ccc(Cl)cc2CCCCO3)C[C@@H]2CC[C@H]21. The van der Waals surface area contributed by atoms with E-state index in [1.165, 1.54) is 11.1 Å². The van der Waals surface area contributed by atoms with E-state index in [-0.39, 0.29) is 18.1 Å². The molecular formula is C36H47ClN4O5S. The Labute approximate surface area is 284 Å². The Bertz CT molecular complexity index is 1630. The van der Waals surface area contributed by atoms with Crippen LogP contribution in [-0.4, -0.2) is 53.8 Å². The number of rotatable bonds is 3. The van der Waals surface area contributed by atoms with Gasteiger partial charge < -0.3 is 19.7 Å². The first-order chi connectivity index (χ1) is 22.6. The average molecular weight is 683 g/mol. The molecular weight excluding hydrogens is 636 g/mol. The third-order valence-electron chi connectivity index (χ3n) is 10.3. The molecule has 2 N–H and O–H groups in total. The van der Waals surface area contributed by atoms with E-state index >= 15 is 0 Å². The van der Waals surface area contributed by atoms with Gasteiger partial charge in [0, 0.05) is 36.8 Å². The second-order valence-corrected chi connectivity index (χ2v) is 16.3. The molecule has 2 heterocycles. The van der Waals surface area contributed by atoms with Crippen molar-refractivity contribution in [3.05, 3.63) is 70.3 Å². The number of amides is 3. The zero-order valence-corrected chi connectivity index (χ0v) is 29.2. The van der Waals surface area contributed by atoms with Gasteiger partial charge in [-0.15, -0.1) is 4.36 Å². The molecule has 2 saturated carbocycles. The van der Waals surface area contributed by atoms with Crippen molar-refractivity contribution in [1.82, 2.24) is 10.0 Å². The summed E-state index contributed by atoms with van der Waals surface area (Å²) < 4.78 is 33.9. The van der Waals surface area contributed by atoms with Crippen LogP contribution < -0.4 is 19.7 Å². The molecule has 0 saturated heterocycles. The number of anilines is 1. The topological polar surface area (TPSA) is 109 Å². The highest BCUT2D eigenvalue weighted by Crippen LogP contribution is 2.42. The molecule has 2 bridgehead atoms. The second-order valence-electron chi connectivity index (χ2n) is 13.6. The molecule has 0 spiro atoms. The summed E-state index contributed by atoms with van der Waals surface area (Å²) in [5.74, 6) is 0.641. The Kier molecular flexibility index (Phi) is 10.5. The highest BCUT2D eigenvalue weighted by atomic mass is 35.5. The van der Waals surface area contributed by atoms with Crippen molar-refractivity contribution in [2.75, 3.05) is 25.2 Å². The lowest BCUT2D eigenvalue weighted by Crippen LogP contribution is -2.45. The van der Waals surface area contributed by atoms with Crippen LogP contribution in [0.4, 0.5) is 10.5 Å². The van der Waals surface area contributed by atoms with Gasteiger partial charge in [-0.1, -0.05) is 36.7 Å². The molecule has 6 rings (SSSR count). The molecule has 0 radical (unpaired) electrons. The monoisotopic (exact) mass is 682 g/mol. The van der Waals surface area contributed by atoms with Crippen molar-refractivity contribution in [3.63, 3.8) is 0 Å². The van der Waals surface area contributed by atoms with Crippen molar-refractivity contribution in [3.8, 4) is 5.75 Å². The van der Waals surface area contributed by atoms with Crippen molar-refractivity contribution in [2.24, 2.45) is 22.1 Å².